The molecule has 0 saturated heterocycles. The highest BCUT2D eigenvalue weighted by atomic mass is 19.4. The van der Waals surface area contributed by atoms with Crippen LogP contribution in [0.15, 0.2) is 29.2 Å². The van der Waals surface area contributed by atoms with Crippen molar-refractivity contribution >= 4 is 22.8 Å². The van der Waals surface area contributed by atoms with Crippen molar-refractivity contribution in [3.63, 3.8) is 0 Å². The predicted molar refractivity (Wildman–Crippen MR) is 92.4 cm³/mol. The lowest BCUT2D eigenvalue weighted by Crippen LogP contribution is -2.41. The molecule has 27 heavy (non-hydrogen) atoms. The molecule has 0 spiro atoms. The largest absolute Gasteiger partial charge is 0.464 e. The fraction of sp³-hybridized carbons (Fsp3) is 0.389. The van der Waals surface area contributed by atoms with Gasteiger partial charge in [0.05, 0.1) is 17.7 Å². The maximum Gasteiger partial charge on any atom is 0.416 e. The monoisotopic (exact) mass is 384 g/mol. The Morgan fingerprint density at radius 1 is 1.26 bits per heavy atom. The van der Waals surface area contributed by atoms with Crippen LogP contribution in [0.1, 0.15) is 36.7 Å². The summed E-state index contributed by atoms with van der Waals surface area (Å²) >= 11 is 0. The summed E-state index contributed by atoms with van der Waals surface area (Å²) in [5, 5.41) is 2.35. The number of halogens is 3. The summed E-state index contributed by atoms with van der Waals surface area (Å²) in [4.78, 5) is 36.6. The smallest absolute Gasteiger partial charge is 0.416 e. The first-order chi connectivity index (χ1) is 12.6. The maximum absolute atomic E-state index is 12.9. The Labute approximate surface area is 152 Å². The van der Waals surface area contributed by atoms with Gasteiger partial charge in [-0.2, -0.15) is 13.2 Å². The van der Waals surface area contributed by atoms with Gasteiger partial charge in [-0.05, 0) is 39.0 Å². The lowest BCUT2D eigenvalue weighted by Gasteiger charge is -2.16. The van der Waals surface area contributed by atoms with E-state index in [0.29, 0.717) is 0 Å². The number of aryl methyl sites for hydroxylation is 1. The van der Waals surface area contributed by atoms with E-state index in [1.807, 2.05) is 0 Å². The van der Waals surface area contributed by atoms with Gasteiger partial charge in [0.15, 0.2) is 0 Å². The van der Waals surface area contributed by atoms with E-state index < -0.39 is 35.1 Å². The van der Waals surface area contributed by atoms with Crippen LogP contribution in [0.4, 0.5) is 13.2 Å². The molecule has 0 saturated carbocycles. The molecule has 2 rings (SSSR count). The normalized spacial score (nSPS) is 12.7. The Hall–Kier alpha value is -2.84. The molecule has 1 amide bonds. The Morgan fingerprint density at radius 2 is 1.93 bits per heavy atom. The van der Waals surface area contributed by atoms with Crippen LogP contribution in [0.25, 0.3) is 10.9 Å². The number of carbonyl (C=O) groups is 2. The Bertz CT molecular complexity index is 935. The zero-order chi connectivity index (χ0) is 20.4. The van der Waals surface area contributed by atoms with Gasteiger partial charge >= 0.3 is 12.1 Å². The molecule has 1 atom stereocenters. The van der Waals surface area contributed by atoms with Gasteiger partial charge in [-0.25, -0.2) is 4.79 Å². The Morgan fingerprint density at radius 3 is 2.48 bits per heavy atom. The van der Waals surface area contributed by atoms with Gasteiger partial charge in [0.25, 0.3) is 5.91 Å². The van der Waals surface area contributed by atoms with Gasteiger partial charge < -0.3 is 14.6 Å². The fourth-order valence-corrected chi connectivity index (χ4v) is 2.59. The second-order valence-electron chi connectivity index (χ2n) is 5.83. The Balaban J connectivity index is 2.50. The number of carbonyl (C=O) groups excluding carboxylic acids is 2. The van der Waals surface area contributed by atoms with Crippen molar-refractivity contribution in [3.05, 3.63) is 45.7 Å². The number of benzene rings is 1. The summed E-state index contributed by atoms with van der Waals surface area (Å²) < 4.78 is 45.0. The lowest BCUT2D eigenvalue weighted by atomic mass is 10.1. The van der Waals surface area contributed by atoms with Crippen LogP contribution in [-0.2, 0) is 22.3 Å². The second kappa shape index (κ2) is 7.81. The molecule has 0 unspecified atom stereocenters. The van der Waals surface area contributed by atoms with Gasteiger partial charge in [0.1, 0.15) is 11.6 Å². The predicted octanol–water partition coefficient (Wildman–Crippen LogP) is 2.72. The quantitative estimate of drug-likeness (QED) is 0.805. The van der Waals surface area contributed by atoms with Crippen molar-refractivity contribution in [1.82, 2.24) is 9.88 Å². The van der Waals surface area contributed by atoms with E-state index in [2.05, 4.69) is 5.32 Å². The number of pyridine rings is 1. The van der Waals surface area contributed by atoms with Gasteiger partial charge in [0, 0.05) is 18.1 Å². The number of hydrogen-bond donors (Lipinski definition) is 1. The van der Waals surface area contributed by atoms with Crippen molar-refractivity contribution in [2.45, 2.75) is 39.5 Å². The number of hydrogen-bond acceptors (Lipinski definition) is 4. The number of nitrogens with one attached hydrogen (secondary N) is 1. The number of aromatic nitrogens is 1. The number of alkyl halides is 3. The van der Waals surface area contributed by atoms with Crippen LogP contribution in [0.3, 0.4) is 0 Å². The number of amides is 1. The van der Waals surface area contributed by atoms with E-state index in [1.54, 1.807) is 13.8 Å². The van der Waals surface area contributed by atoms with Crippen molar-refractivity contribution in [2.75, 3.05) is 6.61 Å². The third-order valence-electron chi connectivity index (χ3n) is 3.98. The molecule has 6 nitrogen and oxygen atoms in total. The molecule has 0 aliphatic heterocycles. The number of esters is 1. The number of ether oxygens (including phenoxy) is 1. The van der Waals surface area contributed by atoms with Crippen molar-refractivity contribution < 1.29 is 27.5 Å². The molecular weight excluding hydrogens is 365 g/mol. The SMILES string of the molecule is CCOC(=O)[C@@H](C)NC(=O)c1cn(CC)c2cc(C(F)(F)F)ccc2c1=O. The summed E-state index contributed by atoms with van der Waals surface area (Å²) in [5.74, 6) is -1.46. The molecule has 0 bridgehead atoms. The highest BCUT2D eigenvalue weighted by molar-refractivity contribution is 5.99. The topological polar surface area (TPSA) is 77.4 Å². The van der Waals surface area contributed by atoms with Crippen molar-refractivity contribution in [1.29, 1.82) is 0 Å². The number of nitrogens with zero attached hydrogens (tertiary/aromatic N) is 1. The van der Waals surface area contributed by atoms with E-state index in [1.165, 1.54) is 17.7 Å². The zero-order valence-corrected chi connectivity index (χ0v) is 15.0. The molecule has 1 aromatic carbocycles. The summed E-state index contributed by atoms with van der Waals surface area (Å²) in [6.45, 7) is 5.08. The summed E-state index contributed by atoms with van der Waals surface area (Å²) in [7, 11) is 0. The van der Waals surface area contributed by atoms with Gasteiger partial charge in [0.2, 0.25) is 5.43 Å². The highest BCUT2D eigenvalue weighted by Crippen LogP contribution is 2.31. The molecule has 9 heteroatoms. The fourth-order valence-electron chi connectivity index (χ4n) is 2.59. The average Bonchev–Trinajstić information content (AvgIpc) is 2.61. The summed E-state index contributed by atoms with van der Waals surface area (Å²) in [6.07, 6.45) is -3.36. The van der Waals surface area contributed by atoms with Crippen LogP contribution in [0.2, 0.25) is 0 Å². The molecule has 0 aliphatic rings. The minimum atomic E-state index is -4.55. The van der Waals surface area contributed by atoms with Crippen LogP contribution in [-0.4, -0.2) is 29.1 Å². The van der Waals surface area contributed by atoms with Crippen LogP contribution in [0.5, 0.6) is 0 Å². The Kier molecular flexibility index (Phi) is 5.92. The minimum Gasteiger partial charge on any atom is -0.464 e. The molecule has 0 radical (unpaired) electrons. The molecular formula is C18H19F3N2O4. The van der Waals surface area contributed by atoms with E-state index in [0.717, 1.165) is 18.2 Å². The van der Waals surface area contributed by atoms with Crippen molar-refractivity contribution in [2.24, 2.45) is 0 Å². The molecule has 0 aliphatic carbocycles. The first-order valence-corrected chi connectivity index (χ1v) is 8.32. The number of fused-ring (bicyclic) bond motifs is 1. The molecule has 1 N–H and O–H groups in total. The van der Waals surface area contributed by atoms with E-state index in [4.69, 9.17) is 4.74 Å². The van der Waals surface area contributed by atoms with Gasteiger partial charge in [-0.15, -0.1) is 0 Å². The first kappa shape index (κ1) is 20.5. The van der Waals surface area contributed by atoms with Gasteiger partial charge in [-0.3, -0.25) is 9.59 Å². The lowest BCUT2D eigenvalue weighted by molar-refractivity contribution is -0.145. The summed E-state index contributed by atoms with van der Waals surface area (Å²) in [5.41, 5.74) is -1.78. The average molecular weight is 384 g/mol. The van der Waals surface area contributed by atoms with E-state index >= 15 is 0 Å². The minimum absolute atomic E-state index is 0.0127. The third kappa shape index (κ3) is 4.29. The zero-order valence-electron chi connectivity index (χ0n) is 15.0. The van der Waals surface area contributed by atoms with Crippen LogP contribution >= 0.6 is 0 Å². The summed E-state index contributed by atoms with van der Waals surface area (Å²) in [6, 6.07) is 1.75. The van der Waals surface area contributed by atoms with Crippen molar-refractivity contribution in [3.8, 4) is 0 Å². The third-order valence-corrected chi connectivity index (χ3v) is 3.98. The first-order valence-electron chi connectivity index (χ1n) is 8.32. The molecule has 0 fully saturated rings. The van der Waals surface area contributed by atoms with Gasteiger partial charge in [-0.1, -0.05) is 0 Å². The van der Waals surface area contributed by atoms with Crippen LogP contribution in [0, 0.1) is 0 Å². The highest BCUT2D eigenvalue weighted by Gasteiger charge is 2.31. The molecule has 1 heterocycles. The maximum atomic E-state index is 12.9. The van der Waals surface area contributed by atoms with E-state index in [-0.39, 0.29) is 29.6 Å². The molecule has 146 valence electrons. The van der Waals surface area contributed by atoms with E-state index in [9.17, 15) is 27.6 Å². The standard InChI is InChI=1S/C18H19F3N2O4/c1-4-23-9-13(16(25)22-10(3)17(26)27-5-2)15(24)12-7-6-11(8-14(12)23)18(19,20)21/h6-10H,4-5H2,1-3H3,(H,22,25)/t10-/m1/s1. The molecule has 1 aromatic heterocycles. The molecule has 2 aromatic rings. The van der Waals surface area contributed by atoms with Crippen LogP contribution < -0.4 is 10.7 Å². The second-order valence-corrected chi connectivity index (χ2v) is 5.83. The number of rotatable bonds is 5.